The molecule has 1 aromatic carbocycles. The molecule has 0 aromatic heterocycles. The summed E-state index contributed by atoms with van der Waals surface area (Å²) in [7, 11) is 1.44. The molecule has 0 fully saturated rings. The van der Waals surface area contributed by atoms with Gasteiger partial charge in [0.2, 0.25) is 0 Å². The van der Waals surface area contributed by atoms with Gasteiger partial charge in [0, 0.05) is 12.0 Å². The number of hydrogen-bond donors (Lipinski definition) is 1. The zero-order valence-corrected chi connectivity index (χ0v) is 12.0. The van der Waals surface area contributed by atoms with Crippen LogP contribution in [-0.4, -0.2) is 30.6 Å². The molecule has 0 spiro atoms. The first kappa shape index (κ1) is 16.2. The minimum atomic E-state index is -0.445. The van der Waals surface area contributed by atoms with Crippen LogP contribution in [0.4, 0.5) is 0 Å². The monoisotopic (exact) mass is 280 g/mol. The Morgan fingerprint density at radius 1 is 1.35 bits per heavy atom. The summed E-state index contributed by atoms with van der Waals surface area (Å²) in [5, 5.41) is 9.26. The molecule has 0 aliphatic rings. The van der Waals surface area contributed by atoms with Gasteiger partial charge in [-0.15, -0.1) is 0 Å². The third-order valence-electron chi connectivity index (χ3n) is 2.81. The second-order valence-electron chi connectivity index (χ2n) is 4.90. The highest BCUT2D eigenvalue weighted by Gasteiger charge is 2.15. The van der Waals surface area contributed by atoms with Gasteiger partial charge in [-0.3, -0.25) is 9.59 Å². The van der Waals surface area contributed by atoms with Crippen LogP contribution in [0.3, 0.4) is 0 Å². The fraction of sp³-hybridized carbons (Fsp3) is 0.467. The summed E-state index contributed by atoms with van der Waals surface area (Å²) in [4.78, 5) is 22.5. The topological polar surface area (TPSA) is 72.8 Å². The number of carbonyl (C=O) groups excluding carboxylic acids is 2. The molecule has 0 bridgehead atoms. The van der Waals surface area contributed by atoms with Gasteiger partial charge in [-0.05, 0) is 37.5 Å². The molecule has 0 saturated carbocycles. The molecule has 0 radical (unpaired) electrons. The largest absolute Gasteiger partial charge is 0.493 e. The van der Waals surface area contributed by atoms with Crippen LogP contribution >= 0.6 is 0 Å². The van der Waals surface area contributed by atoms with Crippen LogP contribution in [0, 0.1) is 5.92 Å². The third kappa shape index (κ3) is 5.01. The van der Waals surface area contributed by atoms with E-state index in [1.807, 2.05) is 6.92 Å². The molecule has 0 heterocycles. The van der Waals surface area contributed by atoms with Crippen LogP contribution in [0.2, 0.25) is 0 Å². The smallest absolute Gasteiger partial charge is 0.311 e. The maximum atomic E-state index is 11.8. The van der Waals surface area contributed by atoms with Crippen molar-refractivity contribution in [1.82, 2.24) is 0 Å². The maximum Gasteiger partial charge on any atom is 0.311 e. The molecule has 20 heavy (non-hydrogen) atoms. The Balaban J connectivity index is 2.68. The molecule has 110 valence electrons. The number of benzene rings is 1. The number of methoxy groups -OCH3 is 1. The van der Waals surface area contributed by atoms with Gasteiger partial charge in [-0.2, -0.15) is 0 Å². The predicted molar refractivity (Wildman–Crippen MR) is 74.1 cm³/mol. The van der Waals surface area contributed by atoms with E-state index in [9.17, 15) is 14.7 Å². The first-order valence-electron chi connectivity index (χ1n) is 6.48. The van der Waals surface area contributed by atoms with Crippen LogP contribution < -0.4 is 9.47 Å². The second-order valence-corrected chi connectivity index (χ2v) is 4.90. The van der Waals surface area contributed by atoms with E-state index >= 15 is 0 Å². The van der Waals surface area contributed by atoms with Crippen molar-refractivity contribution in [2.75, 3.05) is 7.11 Å². The zero-order chi connectivity index (χ0) is 15.1. The average Bonchev–Trinajstić information content (AvgIpc) is 2.37. The van der Waals surface area contributed by atoms with Gasteiger partial charge in [0.05, 0.1) is 13.2 Å². The number of aliphatic hydroxyl groups excluding tert-OH is 1. The lowest BCUT2D eigenvalue weighted by molar-refractivity contribution is -0.135. The van der Waals surface area contributed by atoms with Crippen LogP contribution in [-0.2, 0) is 4.79 Å². The van der Waals surface area contributed by atoms with E-state index in [1.165, 1.54) is 19.2 Å². The Kier molecular flexibility index (Phi) is 6.18. The first-order valence-corrected chi connectivity index (χ1v) is 6.48. The molecular formula is C15H20O5. The van der Waals surface area contributed by atoms with E-state index in [0.717, 1.165) is 0 Å². The summed E-state index contributed by atoms with van der Waals surface area (Å²) in [5.41, 5.74) is 0.448. The molecule has 5 heteroatoms. The molecular weight excluding hydrogens is 260 g/mol. The summed E-state index contributed by atoms with van der Waals surface area (Å²) >= 11 is 0. The van der Waals surface area contributed by atoms with E-state index < -0.39 is 12.1 Å². The summed E-state index contributed by atoms with van der Waals surface area (Å²) in [6, 6.07) is 4.59. The van der Waals surface area contributed by atoms with Crippen molar-refractivity contribution in [3.63, 3.8) is 0 Å². The molecule has 1 N–H and O–H groups in total. The molecule has 1 aromatic rings. The van der Waals surface area contributed by atoms with Gasteiger partial charge in [-0.1, -0.05) is 6.92 Å². The summed E-state index contributed by atoms with van der Waals surface area (Å²) < 4.78 is 10.3. The number of aliphatic hydroxyl groups is 1. The SMILES string of the molecule is COc1cc(C=O)ccc1OC(=O)CC(C)CC(C)O. The zero-order valence-electron chi connectivity index (χ0n) is 12.0. The normalized spacial score (nSPS) is 13.4. The lowest BCUT2D eigenvalue weighted by Crippen LogP contribution is -2.16. The van der Waals surface area contributed by atoms with Gasteiger partial charge in [0.25, 0.3) is 0 Å². The van der Waals surface area contributed by atoms with Gasteiger partial charge in [-0.25, -0.2) is 0 Å². The highest BCUT2D eigenvalue weighted by atomic mass is 16.6. The van der Waals surface area contributed by atoms with Crippen molar-refractivity contribution in [2.24, 2.45) is 5.92 Å². The van der Waals surface area contributed by atoms with Crippen LogP contribution in [0.25, 0.3) is 0 Å². The lowest BCUT2D eigenvalue weighted by Gasteiger charge is -2.13. The van der Waals surface area contributed by atoms with Crippen molar-refractivity contribution >= 4 is 12.3 Å². The Morgan fingerprint density at radius 2 is 2.05 bits per heavy atom. The van der Waals surface area contributed by atoms with Gasteiger partial charge >= 0.3 is 5.97 Å². The predicted octanol–water partition coefficient (Wildman–Crippen LogP) is 2.21. The number of hydrogen-bond acceptors (Lipinski definition) is 5. The number of carbonyl (C=O) groups is 2. The highest BCUT2D eigenvalue weighted by Crippen LogP contribution is 2.28. The van der Waals surface area contributed by atoms with Crippen molar-refractivity contribution in [2.45, 2.75) is 32.8 Å². The van der Waals surface area contributed by atoms with E-state index in [0.29, 0.717) is 24.0 Å². The quantitative estimate of drug-likeness (QED) is 0.471. The van der Waals surface area contributed by atoms with Crippen molar-refractivity contribution in [1.29, 1.82) is 0 Å². The Bertz CT molecular complexity index is 467. The number of ether oxygens (including phenoxy) is 2. The Hall–Kier alpha value is -1.88. The van der Waals surface area contributed by atoms with Crippen molar-refractivity contribution in [3.8, 4) is 11.5 Å². The van der Waals surface area contributed by atoms with Gasteiger partial charge in [0.1, 0.15) is 6.29 Å². The summed E-state index contributed by atoms with van der Waals surface area (Å²) in [5.74, 6) is 0.261. The van der Waals surface area contributed by atoms with Crippen LogP contribution in [0.5, 0.6) is 11.5 Å². The molecule has 2 unspecified atom stereocenters. The Labute approximate surface area is 118 Å². The fourth-order valence-corrected chi connectivity index (χ4v) is 1.96. The van der Waals surface area contributed by atoms with Gasteiger partial charge in [0.15, 0.2) is 11.5 Å². The number of aldehydes is 1. The van der Waals surface area contributed by atoms with E-state index in [4.69, 9.17) is 9.47 Å². The molecule has 0 aliphatic heterocycles. The summed E-state index contributed by atoms with van der Waals surface area (Å²) in [6.07, 6.45) is 0.998. The molecule has 0 amide bonds. The standard InChI is InChI=1S/C15H20O5/c1-10(6-11(2)17)7-15(18)20-13-5-4-12(9-16)8-14(13)19-3/h4-5,8-11,17H,6-7H2,1-3H3. The minimum Gasteiger partial charge on any atom is -0.493 e. The fourth-order valence-electron chi connectivity index (χ4n) is 1.96. The van der Waals surface area contributed by atoms with Crippen LogP contribution in [0.15, 0.2) is 18.2 Å². The van der Waals surface area contributed by atoms with E-state index in [-0.39, 0.29) is 18.1 Å². The minimum absolute atomic E-state index is 0.0303. The number of rotatable bonds is 7. The van der Waals surface area contributed by atoms with Crippen LogP contribution in [0.1, 0.15) is 37.0 Å². The first-order chi connectivity index (χ1) is 9.46. The maximum absolute atomic E-state index is 11.8. The molecule has 0 saturated heterocycles. The van der Waals surface area contributed by atoms with Crippen molar-refractivity contribution < 1.29 is 24.2 Å². The molecule has 5 nitrogen and oxygen atoms in total. The summed E-state index contributed by atoms with van der Waals surface area (Å²) in [6.45, 7) is 3.56. The van der Waals surface area contributed by atoms with E-state index in [2.05, 4.69) is 0 Å². The molecule has 0 aliphatic carbocycles. The molecule has 1 rings (SSSR count). The van der Waals surface area contributed by atoms with Gasteiger partial charge < -0.3 is 14.6 Å². The Morgan fingerprint density at radius 3 is 2.60 bits per heavy atom. The highest BCUT2D eigenvalue weighted by molar-refractivity contribution is 5.78. The molecule has 2 atom stereocenters. The van der Waals surface area contributed by atoms with Crippen molar-refractivity contribution in [3.05, 3.63) is 23.8 Å². The number of esters is 1. The second kappa shape index (κ2) is 7.65. The van der Waals surface area contributed by atoms with E-state index in [1.54, 1.807) is 13.0 Å². The average molecular weight is 280 g/mol. The third-order valence-corrected chi connectivity index (χ3v) is 2.81. The lowest BCUT2D eigenvalue weighted by atomic mass is 10.0.